The van der Waals surface area contributed by atoms with Crippen molar-refractivity contribution in [3.8, 4) is 0 Å². The first-order valence-electron chi connectivity index (χ1n) is 6.08. The van der Waals surface area contributed by atoms with Crippen LogP contribution in [-0.2, 0) is 4.74 Å². The van der Waals surface area contributed by atoms with Crippen LogP contribution in [0.1, 0.15) is 6.23 Å². The number of fused-ring (bicyclic) bond motifs is 1. The van der Waals surface area contributed by atoms with Gasteiger partial charge in [0.15, 0.2) is 17.4 Å². The van der Waals surface area contributed by atoms with E-state index in [4.69, 9.17) is 22.1 Å². The SMILES string of the molecule is Nc1nc2c(nc(Cl)n2[C@@H]2O[C@H](C(O)Br)[C@@H](O)[C@H]2O)c(=O)[nH]1. The van der Waals surface area contributed by atoms with Crippen molar-refractivity contribution in [3.05, 3.63) is 15.6 Å². The van der Waals surface area contributed by atoms with Crippen LogP contribution < -0.4 is 11.3 Å². The van der Waals surface area contributed by atoms with Crippen LogP contribution in [0.2, 0.25) is 5.28 Å². The number of hydrogen-bond acceptors (Lipinski definition) is 8. The number of H-pyrrole nitrogens is 1. The Kier molecular flexibility index (Phi) is 3.87. The molecule has 1 aliphatic rings. The zero-order valence-electron chi connectivity index (χ0n) is 10.7. The van der Waals surface area contributed by atoms with Crippen LogP contribution >= 0.6 is 27.5 Å². The molecule has 0 spiro atoms. The summed E-state index contributed by atoms with van der Waals surface area (Å²) in [4.78, 5) is 21.8. The Balaban J connectivity index is 2.15. The zero-order chi connectivity index (χ0) is 16.2. The molecule has 6 N–H and O–H groups in total. The Morgan fingerprint density at radius 1 is 1.41 bits per heavy atom. The van der Waals surface area contributed by atoms with Gasteiger partial charge in [-0.25, -0.2) is 4.98 Å². The number of aromatic nitrogens is 4. The molecule has 5 atom stereocenters. The van der Waals surface area contributed by atoms with Crippen LogP contribution in [0.15, 0.2) is 4.79 Å². The first-order valence-corrected chi connectivity index (χ1v) is 7.37. The van der Waals surface area contributed by atoms with Gasteiger partial charge in [-0.2, -0.15) is 4.98 Å². The Labute approximate surface area is 135 Å². The summed E-state index contributed by atoms with van der Waals surface area (Å²) in [5.74, 6) is -0.166. The second kappa shape index (κ2) is 5.44. The highest BCUT2D eigenvalue weighted by atomic mass is 79.9. The van der Waals surface area contributed by atoms with Crippen molar-refractivity contribution >= 4 is 44.6 Å². The number of alkyl halides is 1. The number of aliphatic hydroxyl groups excluding tert-OH is 3. The fourth-order valence-electron chi connectivity index (χ4n) is 2.33. The number of nitrogen functional groups attached to an aromatic ring is 1. The first kappa shape index (κ1) is 15.6. The summed E-state index contributed by atoms with van der Waals surface area (Å²) in [6.07, 6.45) is -5.10. The minimum atomic E-state index is -1.42. The van der Waals surface area contributed by atoms with Crippen LogP contribution in [0, 0.1) is 0 Å². The van der Waals surface area contributed by atoms with E-state index < -0.39 is 35.1 Å². The summed E-state index contributed by atoms with van der Waals surface area (Å²) in [5.41, 5.74) is 4.79. The number of aliphatic hydroxyl groups is 3. The van der Waals surface area contributed by atoms with Crippen LogP contribution in [0.3, 0.4) is 0 Å². The van der Waals surface area contributed by atoms with E-state index in [0.29, 0.717) is 0 Å². The largest absolute Gasteiger partial charge is 0.387 e. The van der Waals surface area contributed by atoms with Crippen molar-refractivity contribution in [2.45, 2.75) is 29.6 Å². The molecule has 1 aliphatic heterocycles. The molecule has 22 heavy (non-hydrogen) atoms. The smallest absolute Gasteiger partial charge is 0.280 e. The average molecular weight is 397 g/mol. The first-order chi connectivity index (χ1) is 10.3. The lowest BCUT2D eigenvalue weighted by Crippen LogP contribution is -2.36. The van der Waals surface area contributed by atoms with Gasteiger partial charge in [-0.1, -0.05) is 15.9 Å². The van der Waals surface area contributed by atoms with E-state index in [0.717, 1.165) is 4.57 Å². The lowest BCUT2D eigenvalue weighted by molar-refractivity contribution is -0.0577. The van der Waals surface area contributed by atoms with Crippen molar-refractivity contribution in [2.75, 3.05) is 5.73 Å². The number of hydrogen-bond donors (Lipinski definition) is 5. The number of nitrogens with two attached hydrogens (primary N) is 1. The molecule has 2 aromatic rings. The van der Waals surface area contributed by atoms with Gasteiger partial charge in [0.05, 0.1) is 0 Å². The summed E-state index contributed by atoms with van der Waals surface area (Å²) in [6, 6.07) is 0. The molecule has 1 fully saturated rings. The summed E-state index contributed by atoms with van der Waals surface area (Å²) in [6.45, 7) is 0. The molecular weight excluding hydrogens is 385 g/mol. The number of nitrogens with one attached hydrogen (secondary N) is 1. The quantitative estimate of drug-likeness (QED) is 0.309. The van der Waals surface area contributed by atoms with E-state index >= 15 is 0 Å². The molecule has 12 heteroatoms. The van der Waals surface area contributed by atoms with E-state index in [-0.39, 0.29) is 22.4 Å². The van der Waals surface area contributed by atoms with E-state index in [1.165, 1.54) is 0 Å². The Morgan fingerprint density at radius 3 is 2.68 bits per heavy atom. The van der Waals surface area contributed by atoms with Gasteiger partial charge in [0, 0.05) is 0 Å². The van der Waals surface area contributed by atoms with E-state index in [1.54, 1.807) is 0 Å². The molecule has 0 aromatic carbocycles. The lowest BCUT2D eigenvalue weighted by atomic mass is 10.1. The summed E-state index contributed by atoms with van der Waals surface area (Å²) >= 11 is 8.85. The highest BCUT2D eigenvalue weighted by molar-refractivity contribution is 9.09. The Hall–Kier alpha value is -1.24. The fraction of sp³-hybridized carbons (Fsp3) is 0.500. The molecule has 0 radical (unpaired) electrons. The zero-order valence-corrected chi connectivity index (χ0v) is 13.1. The normalized spacial score (nSPS) is 30.0. The van der Waals surface area contributed by atoms with Crippen molar-refractivity contribution < 1.29 is 20.1 Å². The predicted molar refractivity (Wildman–Crippen MR) is 78.4 cm³/mol. The summed E-state index contributed by atoms with van der Waals surface area (Å²) < 4.78 is 6.54. The second-order valence-electron chi connectivity index (χ2n) is 4.72. The standard InChI is InChI=1S/C10H11BrClN5O5/c11-5(20)4-2(18)3(19)8(22-4)17-6-1(14-9(17)12)7(21)16-10(13)15-6/h2-5,8,18-20H,(H3,13,15,16,21)/t2-,3+,4-,5?,8+/m0/s1. The predicted octanol–water partition coefficient (Wildman–Crippen LogP) is -1.31. The van der Waals surface area contributed by atoms with Gasteiger partial charge < -0.3 is 25.8 Å². The van der Waals surface area contributed by atoms with Crippen LogP contribution in [0.5, 0.6) is 0 Å². The molecule has 0 saturated carbocycles. The lowest BCUT2D eigenvalue weighted by Gasteiger charge is -2.17. The topological polar surface area (TPSA) is 160 Å². The highest BCUT2D eigenvalue weighted by Gasteiger charge is 2.47. The molecule has 2 aromatic heterocycles. The van der Waals surface area contributed by atoms with Gasteiger partial charge in [0.25, 0.3) is 5.56 Å². The molecule has 3 heterocycles. The van der Waals surface area contributed by atoms with Crippen molar-refractivity contribution in [2.24, 2.45) is 0 Å². The fourth-order valence-corrected chi connectivity index (χ4v) is 3.02. The minimum absolute atomic E-state index is 0.00721. The molecular formula is C10H11BrClN5O5. The van der Waals surface area contributed by atoms with Crippen molar-refractivity contribution in [1.82, 2.24) is 19.5 Å². The maximum atomic E-state index is 11.8. The van der Waals surface area contributed by atoms with E-state index in [9.17, 15) is 20.1 Å². The number of ether oxygens (including phenoxy) is 1. The number of anilines is 1. The maximum Gasteiger partial charge on any atom is 0.280 e. The third-order valence-electron chi connectivity index (χ3n) is 3.33. The van der Waals surface area contributed by atoms with Crippen molar-refractivity contribution in [1.29, 1.82) is 0 Å². The van der Waals surface area contributed by atoms with Gasteiger partial charge in [-0.3, -0.25) is 14.3 Å². The van der Waals surface area contributed by atoms with Crippen LogP contribution in [-0.4, -0.2) is 58.2 Å². The molecule has 1 unspecified atom stereocenters. The summed E-state index contributed by atoms with van der Waals surface area (Å²) in [5, 5.41) is 28.1. The molecule has 0 aliphatic carbocycles. The highest BCUT2D eigenvalue weighted by Crippen LogP contribution is 2.35. The average Bonchev–Trinajstić information content (AvgIpc) is 2.89. The van der Waals surface area contributed by atoms with Crippen LogP contribution in [0.25, 0.3) is 11.2 Å². The molecule has 3 rings (SSSR count). The third kappa shape index (κ3) is 2.30. The molecule has 10 nitrogen and oxygen atoms in total. The van der Waals surface area contributed by atoms with Gasteiger partial charge in [0.1, 0.15) is 23.3 Å². The minimum Gasteiger partial charge on any atom is -0.387 e. The molecule has 1 saturated heterocycles. The summed E-state index contributed by atoms with van der Waals surface area (Å²) in [7, 11) is 0. The molecule has 120 valence electrons. The molecule has 0 amide bonds. The maximum absolute atomic E-state index is 11.8. The number of imidazole rings is 1. The molecule has 0 bridgehead atoms. The second-order valence-corrected chi connectivity index (χ2v) is 6.00. The van der Waals surface area contributed by atoms with E-state index in [1.807, 2.05) is 0 Å². The van der Waals surface area contributed by atoms with Gasteiger partial charge in [0.2, 0.25) is 11.2 Å². The van der Waals surface area contributed by atoms with Gasteiger partial charge in [-0.05, 0) is 11.6 Å². The van der Waals surface area contributed by atoms with Gasteiger partial charge >= 0.3 is 0 Å². The van der Waals surface area contributed by atoms with Crippen molar-refractivity contribution in [3.63, 3.8) is 0 Å². The van der Waals surface area contributed by atoms with Crippen LogP contribution in [0.4, 0.5) is 5.95 Å². The Morgan fingerprint density at radius 2 is 2.09 bits per heavy atom. The monoisotopic (exact) mass is 395 g/mol. The van der Waals surface area contributed by atoms with Gasteiger partial charge in [-0.15, -0.1) is 0 Å². The Bertz CT molecular complexity index is 779. The number of aromatic amines is 1. The van der Waals surface area contributed by atoms with E-state index in [2.05, 4.69) is 30.9 Å². The number of nitrogens with zero attached hydrogens (tertiary/aromatic N) is 3. The number of halogens is 2. The number of rotatable bonds is 2. The third-order valence-corrected chi connectivity index (χ3v) is 4.11.